The van der Waals surface area contributed by atoms with Gasteiger partial charge in [-0.2, -0.15) is 5.10 Å². The maximum absolute atomic E-state index is 12.6. The largest absolute Gasteiger partial charge is 0.337 e. The van der Waals surface area contributed by atoms with Gasteiger partial charge in [0.2, 0.25) is 0 Å². The first-order valence-corrected chi connectivity index (χ1v) is 8.30. The molecule has 1 fully saturated rings. The van der Waals surface area contributed by atoms with E-state index >= 15 is 0 Å². The smallest absolute Gasteiger partial charge is 0.257 e. The average molecular weight is 353 g/mol. The van der Waals surface area contributed by atoms with Gasteiger partial charge in [0.05, 0.1) is 22.5 Å². The van der Waals surface area contributed by atoms with Gasteiger partial charge in [0.1, 0.15) is 0 Å². The minimum Gasteiger partial charge on any atom is -0.337 e. The summed E-state index contributed by atoms with van der Waals surface area (Å²) in [4.78, 5) is 14.5. The molecule has 0 unspecified atom stereocenters. The lowest BCUT2D eigenvalue weighted by Gasteiger charge is -2.32. The third-order valence-corrected chi connectivity index (χ3v) is 4.64. The molecule has 0 aliphatic carbocycles. The standard InChI is InChI=1S/C16H18Cl2N4O/c1-19-13-3-2-6-21(10-13)16(23)11-8-20-22(9-11)15-5-4-12(17)7-14(15)18/h4-5,7-9,13,19H,2-3,6,10H2,1H3/t13-/m1/s1. The fourth-order valence-corrected chi connectivity index (χ4v) is 3.31. The second-order valence-corrected chi connectivity index (χ2v) is 6.49. The Bertz CT molecular complexity index is 716. The van der Waals surface area contributed by atoms with E-state index < -0.39 is 0 Å². The quantitative estimate of drug-likeness (QED) is 0.923. The van der Waals surface area contributed by atoms with Crippen LogP contribution in [0.25, 0.3) is 5.69 Å². The zero-order valence-corrected chi connectivity index (χ0v) is 14.3. The summed E-state index contributed by atoms with van der Waals surface area (Å²) in [6, 6.07) is 5.54. The number of benzene rings is 1. The van der Waals surface area contributed by atoms with Crippen molar-refractivity contribution >= 4 is 29.1 Å². The molecule has 7 heteroatoms. The van der Waals surface area contributed by atoms with Crippen LogP contribution in [0.4, 0.5) is 0 Å². The summed E-state index contributed by atoms with van der Waals surface area (Å²) in [5.41, 5.74) is 1.26. The Morgan fingerprint density at radius 2 is 2.22 bits per heavy atom. The summed E-state index contributed by atoms with van der Waals surface area (Å²) in [5.74, 6) is 0.00119. The number of hydrogen-bond donors (Lipinski definition) is 1. The molecule has 1 aliphatic heterocycles. The maximum atomic E-state index is 12.6. The Balaban J connectivity index is 1.80. The van der Waals surface area contributed by atoms with Gasteiger partial charge in [0.25, 0.3) is 5.91 Å². The van der Waals surface area contributed by atoms with Crippen molar-refractivity contribution in [3.05, 3.63) is 46.2 Å². The van der Waals surface area contributed by atoms with Crippen LogP contribution in [-0.2, 0) is 0 Å². The molecular formula is C16H18Cl2N4O. The first-order valence-electron chi connectivity index (χ1n) is 7.55. The molecule has 1 amide bonds. The molecule has 3 rings (SSSR count). The first kappa shape index (κ1) is 16.3. The molecule has 1 saturated heterocycles. The Labute approximate surface area is 145 Å². The molecule has 23 heavy (non-hydrogen) atoms. The normalized spacial score (nSPS) is 18.2. The van der Waals surface area contributed by atoms with Crippen molar-refractivity contribution in [3.8, 4) is 5.69 Å². The highest BCUT2D eigenvalue weighted by molar-refractivity contribution is 6.35. The van der Waals surface area contributed by atoms with E-state index in [1.165, 1.54) is 0 Å². The number of hydrogen-bond acceptors (Lipinski definition) is 3. The van der Waals surface area contributed by atoms with Crippen molar-refractivity contribution < 1.29 is 4.79 Å². The molecule has 0 bridgehead atoms. The number of amides is 1. The zero-order chi connectivity index (χ0) is 16.4. The zero-order valence-electron chi connectivity index (χ0n) is 12.8. The minimum absolute atomic E-state index is 0.00119. The summed E-state index contributed by atoms with van der Waals surface area (Å²) >= 11 is 12.1. The summed E-state index contributed by atoms with van der Waals surface area (Å²) in [6.45, 7) is 1.51. The van der Waals surface area contributed by atoms with Crippen molar-refractivity contribution in [3.63, 3.8) is 0 Å². The number of carbonyl (C=O) groups excluding carboxylic acids is 1. The fraction of sp³-hybridized carbons (Fsp3) is 0.375. The molecule has 1 aliphatic rings. The molecule has 1 atom stereocenters. The van der Waals surface area contributed by atoms with Crippen LogP contribution >= 0.6 is 23.2 Å². The van der Waals surface area contributed by atoms with Crippen LogP contribution in [0.3, 0.4) is 0 Å². The van der Waals surface area contributed by atoms with E-state index in [1.807, 2.05) is 11.9 Å². The number of carbonyl (C=O) groups is 1. The highest BCUT2D eigenvalue weighted by atomic mass is 35.5. The predicted molar refractivity (Wildman–Crippen MR) is 91.6 cm³/mol. The summed E-state index contributed by atoms with van der Waals surface area (Å²) in [5, 5.41) is 8.55. The van der Waals surface area contributed by atoms with Gasteiger partial charge < -0.3 is 10.2 Å². The van der Waals surface area contributed by atoms with Crippen molar-refractivity contribution in [2.45, 2.75) is 18.9 Å². The fourth-order valence-electron chi connectivity index (χ4n) is 2.81. The lowest BCUT2D eigenvalue weighted by atomic mass is 10.1. The monoisotopic (exact) mass is 352 g/mol. The number of aromatic nitrogens is 2. The molecule has 1 aromatic heterocycles. The number of nitrogens with one attached hydrogen (secondary N) is 1. The van der Waals surface area contributed by atoms with Gasteiger partial charge in [-0.3, -0.25) is 4.79 Å². The molecule has 2 heterocycles. The lowest BCUT2D eigenvalue weighted by Crippen LogP contribution is -2.46. The second kappa shape index (κ2) is 6.91. The van der Waals surface area contributed by atoms with E-state index in [0.29, 0.717) is 27.3 Å². The van der Waals surface area contributed by atoms with E-state index in [9.17, 15) is 4.79 Å². The second-order valence-electron chi connectivity index (χ2n) is 5.65. The third kappa shape index (κ3) is 3.52. The summed E-state index contributed by atoms with van der Waals surface area (Å²) < 4.78 is 1.60. The van der Waals surface area contributed by atoms with E-state index in [4.69, 9.17) is 23.2 Å². The van der Waals surface area contributed by atoms with Crippen LogP contribution in [0.5, 0.6) is 0 Å². The molecule has 1 aromatic carbocycles. The SMILES string of the molecule is CN[C@@H]1CCCN(C(=O)c2cnn(-c3ccc(Cl)cc3Cl)c2)C1. The number of nitrogens with zero attached hydrogens (tertiary/aromatic N) is 3. The van der Waals surface area contributed by atoms with Crippen molar-refractivity contribution in [2.75, 3.05) is 20.1 Å². The molecule has 0 saturated carbocycles. The molecule has 5 nitrogen and oxygen atoms in total. The van der Waals surface area contributed by atoms with Crippen LogP contribution < -0.4 is 5.32 Å². The van der Waals surface area contributed by atoms with Crippen LogP contribution in [0, 0.1) is 0 Å². The van der Waals surface area contributed by atoms with Gasteiger partial charge in [0.15, 0.2) is 0 Å². The van der Waals surface area contributed by atoms with E-state index in [0.717, 1.165) is 25.9 Å². The molecule has 0 spiro atoms. The molecule has 2 aromatic rings. The highest BCUT2D eigenvalue weighted by Crippen LogP contribution is 2.24. The van der Waals surface area contributed by atoms with Crippen molar-refractivity contribution in [1.82, 2.24) is 20.0 Å². The summed E-state index contributed by atoms with van der Waals surface area (Å²) in [7, 11) is 1.93. The van der Waals surface area contributed by atoms with Gasteiger partial charge >= 0.3 is 0 Å². The lowest BCUT2D eigenvalue weighted by molar-refractivity contribution is 0.0698. The molecule has 0 radical (unpaired) electrons. The topological polar surface area (TPSA) is 50.2 Å². The van der Waals surface area contributed by atoms with Gasteiger partial charge in [-0.1, -0.05) is 23.2 Å². The number of halogens is 2. The average Bonchev–Trinajstić information content (AvgIpc) is 3.04. The minimum atomic E-state index is 0.00119. The van der Waals surface area contributed by atoms with Crippen LogP contribution in [0.2, 0.25) is 10.0 Å². The number of rotatable bonds is 3. The predicted octanol–water partition coefficient (Wildman–Crippen LogP) is 3.00. The Morgan fingerprint density at radius 3 is 2.96 bits per heavy atom. The number of piperidine rings is 1. The summed E-state index contributed by atoms with van der Waals surface area (Å²) in [6.07, 6.45) is 5.39. The van der Waals surface area contributed by atoms with Crippen LogP contribution in [0.1, 0.15) is 23.2 Å². The highest BCUT2D eigenvalue weighted by Gasteiger charge is 2.24. The van der Waals surface area contributed by atoms with Crippen LogP contribution in [0.15, 0.2) is 30.6 Å². The molecule has 122 valence electrons. The van der Waals surface area contributed by atoms with Gasteiger partial charge in [-0.25, -0.2) is 4.68 Å². The van der Waals surface area contributed by atoms with Gasteiger partial charge in [-0.05, 0) is 38.1 Å². The molecular weight excluding hydrogens is 335 g/mol. The van der Waals surface area contributed by atoms with E-state index in [2.05, 4.69) is 10.4 Å². The Hall–Kier alpha value is -1.56. The number of likely N-dealkylation sites (tertiary alicyclic amines) is 1. The van der Waals surface area contributed by atoms with Gasteiger partial charge in [-0.15, -0.1) is 0 Å². The number of likely N-dealkylation sites (N-methyl/N-ethyl adjacent to an activating group) is 1. The van der Waals surface area contributed by atoms with Crippen molar-refractivity contribution in [1.29, 1.82) is 0 Å². The maximum Gasteiger partial charge on any atom is 0.257 e. The van der Waals surface area contributed by atoms with Crippen molar-refractivity contribution in [2.24, 2.45) is 0 Å². The first-order chi connectivity index (χ1) is 11.1. The Morgan fingerprint density at radius 1 is 1.39 bits per heavy atom. The molecule has 1 N–H and O–H groups in total. The van der Waals surface area contributed by atoms with Gasteiger partial charge in [0, 0.05) is 30.4 Å². The Kier molecular flexibility index (Phi) is 4.90. The van der Waals surface area contributed by atoms with E-state index in [1.54, 1.807) is 35.3 Å². The third-order valence-electron chi connectivity index (χ3n) is 4.10. The van der Waals surface area contributed by atoms with Crippen LogP contribution in [-0.4, -0.2) is 46.8 Å². The van der Waals surface area contributed by atoms with E-state index in [-0.39, 0.29) is 5.91 Å².